The minimum atomic E-state index is -0.382. The van der Waals surface area contributed by atoms with Gasteiger partial charge in [0.1, 0.15) is 11.4 Å². The third-order valence-electron chi connectivity index (χ3n) is 2.88. The van der Waals surface area contributed by atoms with Gasteiger partial charge in [0.2, 0.25) is 0 Å². The highest BCUT2D eigenvalue weighted by atomic mass is 16.6. The molecule has 0 amide bonds. The fraction of sp³-hybridized carbons (Fsp3) is 0.231. The molecule has 0 saturated carbocycles. The van der Waals surface area contributed by atoms with Gasteiger partial charge >= 0.3 is 5.69 Å². The average molecular weight is 244 g/mol. The lowest BCUT2D eigenvalue weighted by atomic mass is 10.1. The van der Waals surface area contributed by atoms with E-state index in [9.17, 15) is 10.1 Å². The molecule has 0 spiro atoms. The second-order valence-corrected chi connectivity index (χ2v) is 4.25. The molecule has 0 aliphatic heterocycles. The molecule has 0 aliphatic carbocycles. The summed E-state index contributed by atoms with van der Waals surface area (Å²) in [5, 5.41) is 15.1. The van der Waals surface area contributed by atoms with Crippen LogP contribution in [0.15, 0.2) is 24.3 Å². The first-order valence-corrected chi connectivity index (χ1v) is 5.58. The molecule has 5 heteroatoms. The standard InChI is InChI=1S/C13H14N3O2/c1-9-4-6-12(7-5-9)8-15-11(3)13(16(17)18)10(2)14-15/h4-7H,1,8H2,2-3H3. The molecule has 93 valence electrons. The molecule has 0 N–H and O–H groups in total. The van der Waals surface area contributed by atoms with Crippen molar-refractivity contribution in [1.82, 2.24) is 9.78 Å². The lowest BCUT2D eigenvalue weighted by Gasteiger charge is -2.04. The quantitative estimate of drug-likeness (QED) is 0.616. The van der Waals surface area contributed by atoms with Crippen LogP contribution in [0.3, 0.4) is 0 Å². The predicted molar refractivity (Wildman–Crippen MR) is 68.4 cm³/mol. The normalized spacial score (nSPS) is 10.6. The van der Waals surface area contributed by atoms with Crippen molar-refractivity contribution in [2.45, 2.75) is 20.4 Å². The van der Waals surface area contributed by atoms with Crippen molar-refractivity contribution in [1.29, 1.82) is 0 Å². The molecule has 0 unspecified atom stereocenters. The van der Waals surface area contributed by atoms with Gasteiger partial charge in [-0.25, -0.2) is 0 Å². The molecule has 18 heavy (non-hydrogen) atoms. The van der Waals surface area contributed by atoms with Crippen molar-refractivity contribution in [2.75, 3.05) is 0 Å². The van der Waals surface area contributed by atoms with Crippen molar-refractivity contribution in [3.8, 4) is 0 Å². The van der Waals surface area contributed by atoms with Crippen LogP contribution in [0.2, 0.25) is 0 Å². The fourth-order valence-corrected chi connectivity index (χ4v) is 1.92. The van der Waals surface area contributed by atoms with Crippen LogP contribution in [-0.2, 0) is 6.54 Å². The molecule has 0 saturated heterocycles. The molecular formula is C13H14N3O2. The van der Waals surface area contributed by atoms with Gasteiger partial charge in [0.25, 0.3) is 0 Å². The maximum atomic E-state index is 10.9. The highest BCUT2D eigenvalue weighted by molar-refractivity contribution is 5.40. The van der Waals surface area contributed by atoms with E-state index >= 15 is 0 Å². The van der Waals surface area contributed by atoms with Crippen LogP contribution in [0.25, 0.3) is 0 Å². The third kappa shape index (κ3) is 2.25. The average Bonchev–Trinajstić information content (AvgIpc) is 2.57. The summed E-state index contributed by atoms with van der Waals surface area (Å²) in [4.78, 5) is 10.5. The zero-order valence-electron chi connectivity index (χ0n) is 10.4. The molecule has 1 aromatic heterocycles. The Morgan fingerprint density at radius 2 is 1.94 bits per heavy atom. The van der Waals surface area contributed by atoms with E-state index in [1.54, 1.807) is 18.5 Å². The van der Waals surface area contributed by atoms with Gasteiger partial charge in [-0.1, -0.05) is 24.3 Å². The van der Waals surface area contributed by atoms with Crippen molar-refractivity contribution < 1.29 is 4.92 Å². The van der Waals surface area contributed by atoms with E-state index in [0.29, 0.717) is 17.9 Å². The summed E-state index contributed by atoms with van der Waals surface area (Å²) in [7, 11) is 0. The van der Waals surface area contributed by atoms with E-state index in [4.69, 9.17) is 0 Å². The van der Waals surface area contributed by atoms with Gasteiger partial charge in [-0.05, 0) is 31.9 Å². The zero-order valence-corrected chi connectivity index (χ0v) is 10.4. The van der Waals surface area contributed by atoms with Crippen molar-refractivity contribution >= 4 is 5.69 Å². The van der Waals surface area contributed by atoms with Crippen molar-refractivity contribution in [3.05, 3.63) is 63.8 Å². The van der Waals surface area contributed by atoms with E-state index < -0.39 is 0 Å². The van der Waals surface area contributed by atoms with Gasteiger partial charge in [0.15, 0.2) is 0 Å². The Kier molecular flexibility index (Phi) is 3.14. The smallest absolute Gasteiger partial charge is 0.258 e. The van der Waals surface area contributed by atoms with Gasteiger partial charge in [-0.3, -0.25) is 14.8 Å². The summed E-state index contributed by atoms with van der Waals surface area (Å²) in [5.41, 5.74) is 3.12. The van der Waals surface area contributed by atoms with Crippen molar-refractivity contribution in [2.24, 2.45) is 0 Å². The Balaban J connectivity index is 2.33. The Morgan fingerprint density at radius 1 is 1.33 bits per heavy atom. The molecule has 1 aromatic carbocycles. The maximum Gasteiger partial charge on any atom is 0.312 e. The molecule has 1 radical (unpaired) electrons. The van der Waals surface area contributed by atoms with Gasteiger partial charge in [0.05, 0.1) is 11.5 Å². The Labute approximate surface area is 105 Å². The first-order chi connectivity index (χ1) is 8.49. The van der Waals surface area contributed by atoms with Gasteiger partial charge in [0, 0.05) is 0 Å². The SMILES string of the molecule is [CH2]c1ccc(Cn2nc(C)c([N+](=O)[O-])c2C)cc1. The highest BCUT2D eigenvalue weighted by Gasteiger charge is 2.21. The van der Waals surface area contributed by atoms with E-state index in [0.717, 1.165) is 11.1 Å². The van der Waals surface area contributed by atoms with E-state index in [1.165, 1.54) is 0 Å². The predicted octanol–water partition coefficient (Wildman–Crippen LogP) is 2.64. The summed E-state index contributed by atoms with van der Waals surface area (Å²) >= 11 is 0. The molecule has 0 aliphatic rings. The van der Waals surface area contributed by atoms with Crippen LogP contribution >= 0.6 is 0 Å². The van der Waals surface area contributed by atoms with Gasteiger partial charge < -0.3 is 0 Å². The lowest BCUT2D eigenvalue weighted by Crippen LogP contribution is -2.04. The second-order valence-electron chi connectivity index (χ2n) is 4.25. The first-order valence-electron chi connectivity index (χ1n) is 5.58. The van der Waals surface area contributed by atoms with Crippen LogP contribution in [0, 0.1) is 30.9 Å². The highest BCUT2D eigenvalue weighted by Crippen LogP contribution is 2.22. The van der Waals surface area contributed by atoms with E-state index in [1.807, 2.05) is 24.3 Å². The summed E-state index contributed by atoms with van der Waals surface area (Å²) in [6.07, 6.45) is 0. The molecule has 5 nitrogen and oxygen atoms in total. The monoisotopic (exact) mass is 244 g/mol. The van der Waals surface area contributed by atoms with Crippen LogP contribution in [0.4, 0.5) is 5.69 Å². The summed E-state index contributed by atoms with van der Waals surface area (Å²) in [5.74, 6) is 0. The fourth-order valence-electron chi connectivity index (χ4n) is 1.92. The molecular weight excluding hydrogens is 230 g/mol. The number of aryl methyl sites for hydroxylation is 1. The van der Waals surface area contributed by atoms with Gasteiger partial charge in [-0.15, -0.1) is 0 Å². The Hall–Kier alpha value is -2.17. The number of rotatable bonds is 3. The maximum absolute atomic E-state index is 10.9. The van der Waals surface area contributed by atoms with Crippen LogP contribution < -0.4 is 0 Å². The summed E-state index contributed by atoms with van der Waals surface area (Å²) < 4.78 is 1.66. The van der Waals surface area contributed by atoms with Gasteiger partial charge in [-0.2, -0.15) is 5.10 Å². The second kappa shape index (κ2) is 4.60. The number of nitro groups is 1. The molecule has 0 fully saturated rings. The lowest BCUT2D eigenvalue weighted by molar-refractivity contribution is -0.386. The molecule has 0 atom stereocenters. The number of hydrogen-bond donors (Lipinski definition) is 0. The number of nitrogens with zero attached hydrogens (tertiary/aromatic N) is 3. The largest absolute Gasteiger partial charge is 0.312 e. The minimum Gasteiger partial charge on any atom is -0.258 e. The summed E-state index contributed by atoms with van der Waals surface area (Å²) in [6.45, 7) is 7.71. The van der Waals surface area contributed by atoms with E-state index in [2.05, 4.69) is 12.0 Å². The molecule has 1 heterocycles. The van der Waals surface area contributed by atoms with Crippen LogP contribution in [-0.4, -0.2) is 14.7 Å². The van der Waals surface area contributed by atoms with Crippen molar-refractivity contribution in [3.63, 3.8) is 0 Å². The van der Waals surface area contributed by atoms with E-state index in [-0.39, 0.29) is 10.6 Å². The minimum absolute atomic E-state index is 0.101. The number of aromatic nitrogens is 2. The zero-order chi connectivity index (χ0) is 13.3. The molecule has 0 bridgehead atoms. The first kappa shape index (κ1) is 12.3. The number of hydrogen-bond acceptors (Lipinski definition) is 3. The third-order valence-corrected chi connectivity index (χ3v) is 2.88. The number of benzene rings is 1. The Morgan fingerprint density at radius 3 is 2.44 bits per heavy atom. The molecule has 2 aromatic rings. The summed E-state index contributed by atoms with van der Waals surface area (Å²) in [6, 6.07) is 7.72. The Bertz CT molecular complexity index is 585. The molecule has 2 rings (SSSR count). The topological polar surface area (TPSA) is 61.0 Å². The van der Waals surface area contributed by atoms with Crippen LogP contribution in [0.5, 0.6) is 0 Å². The van der Waals surface area contributed by atoms with Crippen LogP contribution in [0.1, 0.15) is 22.5 Å².